The quantitative estimate of drug-likeness (QED) is 0.640. The molecular formula is C11H14N3+. The summed E-state index contributed by atoms with van der Waals surface area (Å²) in [7, 11) is 4.08. The maximum atomic E-state index is 4.10. The molecule has 0 spiro atoms. The molecule has 3 nitrogen and oxygen atoms in total. The number of hydrogen-bond acceptors (Lipinski definition) is 1. The summed E-state index contributed by atoms with van der Waals surface area (Å²) in [6, 6.07) is 6.23. The first-order valence-electron chi connectivity index (χ1n) is 4.66. The van der Waals surface area contributed by atoms with Crippen molar-refractivity contribution in [3.05, 3.63) is 48.3 Å². The van der Waals surface area contributed by atoms with Crippen LogP contribution in [-0.4, -0.2) is 9.55 Å². The number of rotatable bonds is 2. The van der Waals surface area contributed by atoms with Crippen molar-refractivity contribution in [2.45, 2.75) is 6.42 Å². The Morgan fingerprint density at radius 1 is 1.43 bits per heavy atom. The first-order valence-corrected chi connectivity index (χ1v) is 4.66. The number of aromatic nitrogens is 3. The van der Waals surface area contributed by atoms with Gasteiger partial charge in [-0.1, -0.05) is 6.07 Å². The predicted molar refractivity (Wildman–Crippen MR) is 53.6 cm³/mol. The van der Waals surface area contributed by atoms with E-state index >= 15 is 0 Å². The first kappa shape index (κ1) is 8.94. The van der Waals surface area contributed by atoms with E-state index in [1.807, 2.05) is 30.2 Å². The van der Waals surface area contributed by atoms with E-state index in [2.05, 4.69) is 34.9 Å². The molecule has 0 radical (unpaired) electrons. The Labute approximate surface area is 83.7 Å². The van der Waals surface area contributed by atoms with Crippen LogP contribution in [0, 0.1) is 0 Å². The van der Waals surface area contributed by atoms with Gasteiger partial charge in [0.25, 0.3) is 0 Å². The summed E-state index contributed by atoms with van der Waals surface area (Å²) < 4.78 is 4.18. The van der Waals surface area contributed by atoms with Crippen molar-refractivity contribution >= 4 is 0 Å². The summed E-state index contributed by atoms with van der Waals surface area (Å²) in [6.45, 7) is 0. The molecule has 0 atom stereocenters. The molecule has 2 aromatic rings. The zero-order valence-corrected chi connectivity index (χ0v) is 8.51. The summed E-state index contributed by atoms with van der Waals surface area (Å²) in [5.41, 5.74) is 2.52. The van der Waals surface area contributed by atoms with E-state index in [4.69, 9.17) is 0 Å². The van der Waals surface area contributed by atoms with Gasteiger partial charge in [-0.25, -0.2) is 9.55 Å². The Balaban J connectivity index is 2.28. The number of aryl methyl sites for hydroxylation is 2. The van der Waals surface area contributed by atoms with Crippen molar-refractivity contribution in [1.29, 1.82) is 0 Å². The van der Waals surface area contributed by atoms with Crippen LogP contribution in [0.3, 0.4) is 0 Å². The third kappa shape index (κ3) is 1.66. The molecule has 3 heteroatoms. The average molecular weight is 188 g/mol. The highest BCUT2D eigenvalue weighted by Gasteiger charge is 2.07. The van der Waals surface area contributed by atoms with Crippen LogP contribution >= 0.6 is 0 Å². The molecule has 2 aromatic heterocycles. The molecule has 0 saturated carbocycles. The molecule has 0 bridgehead atoms. The van der Waals surface area contributed by atoms with Crippen LogP contribution in [0.4, 0.5) is 0 Å². The Morgan fingerprint density at radius 2 is 2.29 bits per heavy atom. The third-order valence-electron chi connectivity index (χ3n) is 2.44. The van der Waals surface area contributed by atoms with E-state index in [1.165, 1.54) is 11.4 Å². The molecule has 0 aliphatic carbocycles. The third-order valence-corrected chi connectivity index (χ3v) is 2.44. The van der Waals surface area contributed by atoms with Gasteiger partial charge in [-0.05, 0) is 0 Å². The molecule has 2 heterocycles. The fourth-order valence-corrected chi connectivity index (χ4v) is 1.48. The number of pyridine rings is 1. The van der Waals surface area contributed by atoms with Crippen molar-refractivity contribution in [2.24, 2.45) is 14.1 Å². The van der Waals surface area contributed by atoms with Crippen LogP contribution < -0.4 is 4.57 Å². The first-order chi connectivity index (χ1) is 6.77. The number of nitrogens with zero attached hydrogens (tertiary/aromatic N) is 3. The Bertz CT molecular complexity index is 432. The molecule has 0 unspecified atom stereocenters. The van der Waals surface area contributed by atoms with E-state index in [0.29, 0.717) is 0 Å². The van der Waals surface area contributed by atoms with E-state index in [1.54, 1.807) is 0 Å². The average Bonchev–Trinajstić information content (AvgIpc) is 2.56. The lowest BCUT2D eigenvalue weighted by Crippen LogP contribution is -2.32. The lowest BCUT2D eigenvalue weighted by atomic mass is 10.2. The topological polar surface area (TPSA) is 21.7 Å². The second-order valence-electron chi connectivity index (χ2n) is 3.48. The van der Waals surface area contributed by atoms with E-state index in [9.17, 15) is 0 Å². The molecule has 0 aromatic carbocycles. The highest BCUT2D eigenvalue weighted by Crippen LogP contribution is 2.03. The summed E-state index contributed by atoms with van der Waals surface area (Å²) in [4.78, 5) is 4.10. The molecule has 0 fully saturated rings. The van der Waals surface area contributed by atoms with Crippen molar-refractivity contribution < 1.29 is 4.57 Å². The highest BCUT2D eigenvalue weighted by atomic mass is 15.0. The van der Waals surface area contributed by atoms with Crippen LogP contribution in [0.2, 0.25) is 0 Å². The summed E-state index contributed by atoms with van der Waals surface area (Å²) >= 11 is 0. The van der Waals surface area contributed by atoms with Gasteiger partial charge >= 0.3 is 0 Å². The van der Waals surface area contributed by atoms with E-state index in [0.717, 1.165) is 6.42 Å². The van der Waals surface area contributed by atoms with Crippen LogP contribution in [0.5, 0.6) is 0 Å². The standard InChI is InChI=1S/C11H14N3/c1-13-6-4-3-5-10(13)7-11-8-12-9-14(11)2/h3-6,8-9H,7H2,1-2H3/q+1. The highest BCUT2D eigenvalue weighted by molar-refractivity contribution is 5.09. The largest absolute Gasteiger partial charge is 0.337 e. The van der Waals surface area contributed by atoms with Gasteiger partial charge in [0, 0.05) is 31.1 Å². The van der Waals surface area contributed by atoms with Gasteiger partial charge in [-0.2, -0.15) is 0 Å². The Hall–Kier alpha value is -1.64. The summed E-state index contributed by atoms with van der Waals surface area (Å²) in [5.74, 6) is 0. The van der Waals surface area contributed by atoms with Gasteiger partial charge in [0.05, 0.1) is 12.7 Å². The van der Waals surface area contributed by atoms with Crippen molar-refractivity contribution in [3.63, 3.8) is 0 Å². The zero-order chi connectivity index (χ0) is 9.97. The molecular weight excluding hydrogens is 174 g/mol. The maximum absolute atomic E-state index is 4.10. The molecule has 72 valence electrons. The second kappa shape index (κ2) is 3.62. The molecule has 0 aliphatic heterocycles. The lowest BCUT2D eigenvalue weighted by Gasteiger charge is -2.00. The molecule has 0 N–H and O–H groups in total. The number of hydrogen-bond donors (Lipinski definition) is 0. The Kier molecular flexibility index (Phi) is 2.31. The van der Waals surface area contributed by atoms with E-state index < -0.39 is 0 Å². The SMILES string of the molecule is Cn1cncc1Cc1cccc[n+]1C. The van der Waals surface area contributed by atoms with Crippen LogP contribution in [-0.2, 0) is 20.5 Å². The molecule has 14 heavy (non-hydrogen) atoms. The van der Waals surface area contributed by atoms with Gasteiger partial charge in [-0.15, -0.1) is 0 Å². The van der Waals surface area contributed by atoms with Crippen molar-refractivity contribution in [3.8, 4) is 0 Å². The van der Waals surface area contributed by atoms with Crippen LogP contribution in [0.15, 0.2) is 36.9 Å². The summed E-state index contributed by atoms with van der Waals surface area (Å²) in [6.07, 6.45) is 6.73. The smallest absolute Gasteiger partial charge is 0.187 e. The van der Waals surface area contributed by atoms with Crippen LogP contribution in [0.25, 0.3) is 0 Å². The monoisotopic (exact) mass is 188 g/mol. The lowest BCUT2D eigenvalue weighted by molar-refractivity contribution is -0.678. The van der Waals surface area contributed by atoms with Gasteiger partial charge in [0.1, 0.15) is 7.05 Å². The van der Waals surface area contributed by atoms with Crippen molar-refractivity contribution in [2.75, 3.05) is 0 Å². The predicted octanol–water partition coefficient (Wildman–Crippen LogP) is 0.835. The molecule has 2 rings (SSSR count). The normalized spacial score (nSPS) is 10.4. The molecule has 0 aliphatic rings. The minimum absolute atomic E-state index is 0.924. The minimum Gasteiger partial charge on any atom is -0.337 e. The minimum atomic E-state index is 0.924. The maximum Gasteiger partial charge on any atom is 0.187 e. The van der Waals surface area contributed by atoms with Gasteiger partial charge < -0.3 is 4.57 Å². The van der Waals surface area contributed by atoms with Gasteiger partial charge in [0.15, 0.2) is 11.9 Å². The zero-order valence-electron chi connectivity index (χ0n) is 8.51. The molecule has 0 saturated heterocycles. The molecule has 0 amide bonds. The second-order valence-corrected chi connectivity index (χ2v) is 3.48. The summed E-state index contributed by atoms with van der Waals surface area (Å²) in [5, 5.41) is 0. The van der Waals surface area contributed by atoms with Crippen LogP contribution in [0.1, 0.15) is 11.4 Å². The number of imidazole rings is 1. The van der Waals surface area contributed by atoms with Crippen molar-refractivity contribution in [1.82, 2.24) is 9.55 Å². The van der Waals surface area contributed by atoms with E-state index in [-0.39, 0.29) is 0 Å². The fourth-order valence-electron chi connectivity index (χ4n) is 1.48. The van der Waals surface area contributed by atoms with Gasteiger partial charge in [0.2, 0.25) is 0 Å². The van der Waals surface area contributed by atoms with Gasteiger partial charge in [-0.3, -0.25) is 0 Å². The fraction of sp³-hybridized carbons (Fsp3) is 0.273. The Morgan fingerprint density at radius 3 is 2.93 bits per heavy atom.